The van der Waals surface area contributed by atoms with E-state index in [4.69, 9.17) is 21.4 Å². The molecule has 3 rings (SSSR count). The molecule has 2 saturated heterocycles. The van der Waals surface area contributed by atoms with Gasteiger partial charge in [-0.15, -0.1) is 0 Å². The van der Waals surface area contributed by atoms with Gasteiger partial charge >= 0.3 is 5.97 Å². The number of aliphatic carboxylic acids is 1. The largest absolute Gasteiger partial charge is 0.480 e. The van der Waals surface area contributed by atoms with Gasteiger partial charge in [-0.25, -0.2) is 0 Å². The number of aliphatic hydroxyl groups is 1. The van der Waals surface area contributed by atoms with Gasteiger partial charge < -0.3 is 20.3 Å². The van der Waals surface area contributed by atoms with E-state index in [0.29, 0.717) is 39.0 Å². The number of aromatic nitrogens is 2. The molecule has 3 N–H and O–H groups in total. The summed E-state index contributed by atoms with van der Waals surface area (Å²) >= 11 is 6.05. The molecule has 0 radical (unpaired) electrons. The second kappa shape index (κ2) is 7.38. The maximum Gasteiger partial charge on any atom is 0.317 e. The fourth-order valence-electron chi connectivity index (χ4n) is 4.02. The van der Waals surface area contributed by atoms with Crippen molar-refractivity contribution < 1.29 is 24.5 Å². The van der Waals surface area contributed by atoms with Crippen molar-refractivity contribution in [2.24, 2.45) is 7.05 Å². The normalized spacial score (nSPS) is 28.2. The second-order valence-corrected chi connectivity index (χ2v) is 8.01. The molecule has 0 aromatic carbocycles. The van der Waals surface area contributed by atoms with E-state index in [0.717, 1.165) is 0 Å². The average molecular weight is 401 g/mol. The number of aliphatic hydroxyl groups excluding tert-OH is 1. The van der Waals surface area contributed by atoms with Crippen molar-refractivity contribution >= 4 is 23.5 Å². The van der Waals surface area contributed by atoms with Crippen LogP contribution in [-0.4, -0.2) is 80.3 Å². The number of aryl methyl sites for hydroxylation is 1. The number of ether oxygens (including phenoxy) is 1. The van der Waals surface area contributed by atoms with Crippen LogP contribution in [0.25, 0.3) is 0 Å². The van der Waals surface area contributed by atoms with Gasteiger partial charge in [0.15, 0.2) is 5.69 Å². The molecule has 0 aliphatic carbocycles. The minimum absolute atomic E-state index is 0.0294. The van der Waals surface area contributed by atoms with Gasteiger partial charge in [0.05, 0.1) is 22.7 Å². The van der Waals surface area contributed by atoms with E-state index in [-0.39, 0.29) is 17.3 Å². The summed E-state index contributed by atoms with van der Waals surface area (Å²) in [4.78, 5) is 25.4. The molecule has 9 nitrogen and oxygen atoms in total. The lowest BCUT2D eigenvalue weighted by Crippen LogP contribution is -2.69. The second-order valence-electron chi connectivity index (χ2n) is 7.61. The number of hydrogen-bond donors (Lipinski definition) is 3. The maximum absolute atomic E-state index is 12.6. The van der Waals surface area contributed by atoms with Crippen LogP contribution < -0.4 is 5.32 Å². The number of likely N-dealkylation sites (tertiary alicyclic amines) is 1. The third-order valence-electron chi connectivity index (χ3n) is 5.57. The van der Waals surface area contributed by atoms with Crippen molar-refractivity contribution in [2.75, 3.05) is 26.2 Å². The quantitative estimate of drug-likeness (QED) is 0.663. The number of nitrogens with one attached hydrogen (secondary N) is 1. The lowest BCUT2D eigenvalue weighted by Gasteiger charge is -2.53. The molecular formula is C17H25ClN4O5. The number of rotatable bonds is 4. The standard InChI is InChI=1S/C17H25ClN4O5/c1-16(19-14(25)13-11(18)9-21(2)20-13)5-8-27-17(15(16)26)3-6-22(7-4-17)10-12(23)24/h9,15,26H,3-8,10H2,1-2H3,(H,19,25)(H,23,24)/t15-,16+/m1/s1. The molecule has 3 heterocycles. The zero-order valence-electron chi connectivity index (χ0n) is 15.4. The van der Waals surface area contributed by atoms with E-state index in [1.54, 1.807) is 20.2 Å². The first-order valence-electron chi connectivity index (χ1n) is 8.93. The number of carbonyl (C=O) groups is 2. The van der Waals surface area contributed by atoms with Crippen molar-refractivity contribution in [3.8, 4) is 0 Å². The van der Waals surface area contributed by atoms with Gasteiger partial charge in [0, 0.05) is 32.9 Å². The Balaban J connectivity index is 1.72. The van der Waals surface area contributed by atoms with Crippen LogP contribution in [0, 0.1) is 0 Å². The Morgan fingerprint density at radius 2 is 2.07 bits per heavy atom. The minimum Gasteiger partial charge on any atom is -0.480 e. The van der Waals surface area contributed by atoms with Crippen molar-refractivity contribution in [1.29, 1.82) is 0 Å². The summed E-state index contributed by atoms with van der Waals surface area (Å²) in [6.45, 7) is 3.18. The van der Waals surface area contributed by atoms with Crippen molar-refractivity contribution in [3.05, 3.63) is 16.9 Å². The average Bonchev–Trinajstić information content (AvgIpc) is 2.93. The van der Waals surface area contributed by atoms with Gasteiger partial charge in [-0.1, -0.05) is 11.6 Å². The summed E-state index contributed by atoms with van der Waals surface area (Å²) < 4.78 is 7.42. The molecule has 1 aromatic rings. The van der Waals surface area contributed by atoms with Gasteiger partial charge in [0.1, 0.15) is 6.10 Å². The molecule has 150 valence electrons. The third-order valence-corrected chi connectivity index (χ3v) is 5.85. The third kappa shape index (κ3) is 3.96. The molecule has 0 saturated carbocycles. The van der Waals surface area contributed by atoms with Crippen molar-refractivity contribution in [1.82, 2.24) is 20.0 Å². The summed E-state index contributed by atoms with van der Waals surface area (Å²) in [5.74, 6) is -1.32. The molecule has 2 atom stereocenters. The summed E-state index contributed by atoms with van der Waals surface area (Å²) in [5, 5.41) is 27.3. The Kier molecular flexibility index (Phi) is 5.49. The zero-order chi connectivity index (χ0) is 19.8. The molecule has 2 aliphatic heterocycles. The van der Waals surface area contributed by atoms with E-state index in [1.165, 1.54) is 4.68 Å². The summed E-state index contributed by atoms with van der Waals surface area (Å²) in [6, 6.07) is 0. The van der Waals surface area contributed by atoms with E-state index in [9.17, 15) is 14.7 Å². The van der Waals surface area contributed by atoms with Crippen LogP contribution in [0.15, 0.2) is 6.20 Å². The highest BCUT2D eigenvalue weighted by Gasteiger charge is 2.54. The molecule has 2 fully saturated rings. The van der Waals surface area contributed by atoms with E-state index in [1.807, 2.05) is 4.90 Å². The number of nitrogens with zero attached hydrogens (tertiary/aromatic N) is 3. The topological polar surface area (TPSA) is 117 Å². The summed E-state index contributed by atoms with van der Waals surface area (Å²) in [5.41, 5.74) is -1.58. The fraction of sp³-hybridized carbons (Fsp3) is 0.706. The minimum atomic E-state index is -0.933. The number of piperidine rings is 1. The first-order valence-corrected chi connectivity index (χ1v) is 9.31. The van der Waals surface area contributed by atoms with Crippen LogP contribution in [-0.2, 0) is 16.6 Å². The summed E-state index contributed by atoms with van der Waals surface area (Å²) in [7, 11) is 1.67. The highest BCUT2D eigenvalue weighted by Crippen LogP contribution is 2.40. The molecule has 2 aliphatic rings. The Labute approximate surface area is 162 Å². The number of hydrogen-bond acceptors (Lipinski definition) is 6. The van der Waals surface area contributed by atoms with E-state index < -0.39 is 29.1 Å². The lowest BCUT2D eigenvalue weighted by molar-refractivity contribution is -0.205. The van der Waals surface area contributed by atoms with Crippen LogP contribution in [0.1, 0.15) is 36.7 Å². The SMILES string of the molecule is Cn1cc(Cl)c(C(=O)N[C@@]2(C)CCOC3(CCN(CC(=O)O)CC3)[C@@H]2O)n1. The molecule has 1 amide bonds. The van der Waals surface area contributed by atoms with Gasteiger partial charge in [0.25, 0.3) is 5.91 Å². The molecule has 27 heavy (non-hydrogen) atoms. The van der Waals surface area contributed by atoms with Gasteiger partial charge in [-0.2, -0.15) is 5.10 Å². The first-order chi connectivity index (χ1) is 12.7. The van der Waals surface area contributed by atoms with E-state index >= 15 is 0 Å². The molecule has 1 spiro atoms. The molecule has 1 aromatic heterocycles. The van der Waals surface area contributed by atoms with Crippen LogP contribution >= 0.6 is 11.6 Å². The maximum atomic E-state index is 12.6. The van der Waals surface area contributed by atoms with Gasteiger partial charge in [0.2, 0.25) is 0 Å². The predicted molar refractivity (Wildman–Crippen MR) is 96.7 cm³/mol. The van der Waals surface area contributed by atoms with Crippen molar-refractivity contribution in [3.63, 3.8) is 0 Å². The Bertz CT molecular complexity index is 731. The first kappa shape index (κ1) is 20.1. The zero-order valence-corrected chi connectivity index (χ0v) is 16.2. The van der Waals surface area contributed by atoms with Gasteiger partial charge in [-0.05, 0) is 26.2 Å². The number of carbonyl (C=O) groups excluding carboxylic acids is 1. The number of amides is 1. The number of carboxylic acid groups (broad SMARTS) is 1. The Morgan fingerprint density at radius 3 is 2.63 bits per heavy atom. The lowest BCUT2D eigenvalue weighted by atomic mass is 9.73. The van der Waals surface area contributed by atoms with Crippen LogP contribution in [0.5, 0.6) is 0 Å². The van der Waals surface area contributed by atoms with Crippen LogP contribution in [0.4, 0.5) is 0 Å². The highest BCUT2D eigenvalue weighted by atomic mass is 35.5. The fourth-order valence-corrected chi connectivity index (χ4v) is 4.29. The Hall–Kier alpha value is -1.68. The summed E-state index contributed by atoms with van der Waals surface area (Å²) in [6.07, 6.45) is 2.05. The molecule has 10 heteroatoms. The smallest absolute Gasteiger partial charge is 0.317 e. The van der Waals surface area contributed by atoms with E-state index in [2.05, 4.69) is 10.4 Å². The molecule has 0 unspecified atom stereocenters. The van der Waals surface area contributed by atoms with Gasteiger partial charge in [-0.3, -0.25) is 19.2 Å². The van der Waals surface area contributed by atoms with Crippen LogP contribution in [0.3, 0.4) is 0 Å². The molecule has 0 bridgehead atoms. The monoisotopic (exact) mass is 400 g/mol. The van der Waals surface area contributed by atoms with Crippen molar-refractivity contribution in [2.45, 2.75) is 43.4 Å². The highest BCUT2D eigenvalue weighted by molar-refractivity contribution is 6.33. The predicted octanol–water partition coefficient (Wildman–Crippen LogP) is 0.262. The number of halogens is 1. The molecular weight excluding hydrogens is 376 g/mol. The Morgan fingerprint density at radius 1 is 1.41 bits per heavy atom. The van der Waals surface area contributed by atoms with Crippen LogP contribution in [0.2, 0.25) is 5.02 Å². The number of carboxylic acids is 1.